The van der Waals surface area contributed by atoms with E-state index >= 15 is 0 Å². The van der Waals surface area contributed by atoms with Crippen LogP contribution in [-0.4, -0.2) is 17.4 Å². The molecule has 1 amide bonds. The van der Waals surface area contributed by atoms with Crippen LogP contribution in [0.1, 0.15) is 15.2 Å². The minimum absolute atomic E-state index is 0.152. The lowest BCUT2D eigenvalue weighted by atomic mass is 10.1. The van der Waals surface area contributed by atoms with Crippen LogP contribution in [0.15, 0.2) is 43.0 Å². The lowest BCUT2D eigenvalue weighted by Gasteiger charge is -2.21. The Morgan fingerprint density at radius 3 is 2.81 bits per heavy atom. The molecule has 2 aromatic rings. The van der Waals surface area contributed by atoms with Gasteiger partial charge in [0.25, 0.3) is 5.91 Å². The molecule has 1 heterocycles. The van der Waals surface area contributed by atoms with E-state index < -0.39 is 5.82 Å². The Kier molecular flexibility index (Phi) is 4.98. The molecule has 2 rings (SSSR count). The van der Waals surface area contributed by atoms with Crippen LogP contribution in [0.4, 0.5) is 10.1 Å². The van der Waals surface area contributed by atoms with Gasteiger partial charge in [-0.1, -0.05) is 17.7 Å². The molecule has 0 saturated carbocycles. The number of nitrogens with two attached hydrogens (primary N) is 1. The Morgan fingerprint density at radius 1 is 1.43 bits per heavy atom. The summed E-state index contributed by atoms with van der Waals surface area (Å²) < 4.78 is 14.0. The number of rotatable bonds is 5. The first-order chi connectivity index (χ1) is 10.0. The Labute approximate surface area is 131 Å². The van der Waals surface area contributed by atoms with Crippen LogP contribution in [0.25, 0.3) is 0 Å². The Hall–Kier alpha value is -1.85. The van der Waals surface area contributed by atoms with Gasteiger partial charge in [0.1, 0.15) is 5.82 Å². The second kappa shape index (κ2) is 6.74. The van der Waals surface area contributed by atoms with Crippen molar-refractivity contribution in [2.75, 3.05) is 12.3 Å². The van der Waals surface area contributed by atoms with Gasteiger partial charge in [0, 0.05) is 17.1 Å². The summed E-state index contributed by atoms with van der Waals surface area (Å²) in [6.07, 6.45) is 1.61. The fourth-order valence-corrected chi connectivity index (χ4v) is 2.99. The number of amides is 1. The van der Waals surface area contributed by atoms with Crippen molar-refractivity contribution in [2.24, 2.45) is 0 Å². The van der Waals surface area contributed by atoms with Crippen molar-refractivity contribution >= 4 is 34.5 Å². The Morgan fingerprint density at radius 2 is 2.19 bits per heavy atom. The van der Waals surface area contributed by atoms with Crippen molar-refractivity contribution < 1.29 is 9.18 Å². The van der Waals surface area contributed by atoms with Gasteiger partial charge in [-0.25, -0.2) is 4.39 Å². The molecule has 0 bridgehead atoms. The van der Waals surface area contributed by atoms with Crippen LogP contribution in [-0.2, 0) is 6.54 Å². The maximum atomic E-state index is 13.3. The molecule has 6 heteroatoms. The highest BCUT2D eigenvalue weighted by molar-refractivity contribution is 7.16. The van der Waals surface area contributed by atoms with Crippen LogP contribution in [0.2, 0.25) is 4.34 Å². The summed E-state index contributed by atoms with van der Waals surface area (Å²) in [7, 11) is 0. The average Bonchev–Trinajstić information content (AvgIpc) is 2.86. The predicted octanol–water partition coefficient (Wildman–Crippen LogP) is 3.95. The number of nitrogens with zero attached hydrogens (tertiary/aromatic N) is 1. The first-order valence-corrected chi connectivity index (χ1v) is 7.40. The molecular formula is C15H14ClFN2OS. The van der Waals surface area contributed by atoms with Crippen LogP contribution >= 0.6 is 22.9 Å². The van der Waals surface area contributed by atoms with Crippen molar-refractivity contribution in [3.63, 3.8) is 0 Å². The zero-order valence-corrected chi connectivity index (χ0v) is 12.8. The number of thiophene rings is 1. The van der Waals surface area contributed by atoms with Gasteiger partial charge in [0.2, 0.25) is 0 Å². The highest BCUT2D eigenvalue weighted by Crippen LogP contribution is 2.24. The molecule has 0 unspecified atom stereocenters. The molecule has 21 heavy (non-hydrogen) atoms. The second-order valence-electron chi connectivity index (χ2n) is 4.41. The van der Waals surface area contributed by atoms with Gasteiger partial charge in [0.15, 0.2) is 0 Å². The van der Waals surface area contributed by atoms with E-state index in [1.807, 2.05) is 6.07 Å². The first-order valence-electron chi connectivity index (χ1n) is 6.20. The predicted molar refractivity (Wildman–Crippen MR) is 85.1 cm³/mol. The number of hydrogen-bond donors (Lipinski definition) is 1. The zero-order valence-electron chi connectivity index (χ0n) is 11.2. The summed E-state index contributed by atoms with van der Waals surface area (Å²) in [5.41, 5.74) is 6.17. The largest absolute Gasteiger partial charge is 0.398 e. The molecular weight excluding hydrogens is 311 g/mol. The minimum atomic E-state index is -0.495. The molecule has 110 valence electrons. The van der Waals surface area contributed by atoms with Gasteiger partial charge in [-0.15, -0.1) is 17.9 Å². The SMILES string of the molecule is C=CCN(Cc1ccc(Cl)s1)C(=O)c1cc(F)ccc1N. The lowest BCUT2D eigenvalue weighted by molar-refractivity contribution is 0.0765. The Bertz CT molecular complexity index is 671. The highest BCUT2D eigenvalue weighted by atomic mass is 35.5. The molecule has 0 radical (unpaired) electrons. The van der Waals surface area contributed by atoms with Gasteiger partial charge in [0.05, 0.1) is 16.4 Å². The van der Waals surface area contributed by atoms with Crippen molar-refractivity contribution in [1.29, 1.82) is 0 Å². The molecule has 0 aliphatic heterocycles. The summed E-state index contributed by atoms with van der Waals surface area (Å²) in [4.78, 5) is 15.0. The maximum Gasteiger partial charge on any atom is 0.256 e. The van der Waals surface area contributed by atoms with E-state index in [1.54, 1.807) is 17.0 Å². The number of benzene rings is 1. The van der Waals surface area contributed by atoms with Crippen molar-refractivity contribution in [3.8, 4) is 0 Å². The third-order valence-corrected chi connectivity index (χ3v) is 4.07. The standard InChI is InChI=1S/C15H14ClFN2OS/c1-2-7-19(9-11-4-6-14(16)21-11)15(20)12-8-10(17)3-5-13(12)18/h2-6,8H,1,7,9,18H2. The third kappa shape index (κ3) is 3.83. The molecule has 3 nitrogen and oxygen atoms in total. The zero-order chi connectivity index (χ0) is 15.4. The minimum Gasteiger partial charge on any atom is -0.398 e. The maximum absolute atomic E-state index is 13.3. The first kappa shape index (κ1) is 15.5. The molecule has 0 saturated heterocycles. The highest BCUT2D eigenvalue weighted by Gasteiger charge is 2.18. The van der Waals surface area contributed by atoms with E-state index in [0.717, 1.165) is 10.9 Å². The van der Waals surface area contributed by atoms with Crippen LogP contribution < -0.4 is 5.73 Å². The molecule has 0 aliphatic carbocycles. The van der Waals surface area contributed by atoms with Gasteiger partial charge >= 0.3 is 0 Å². The van der Waals surface area contributed by atoms with E-state index in [2.05, 4.69) is 6.58 Å². The molecule has 0 aliphatic rings. The molecule has 1 aromatic carbocycles. The summed E-state index contributed by atoms with van der Waals surface area (Å²) in [5, 5.41) is 0. The lowest BCUT2D eigenvalue weighted by Crippen LogP contribution is -2.31. The van der Waals surface area contributed by atoms with Gasteiger partial charge in [-0.05, 0) is 30.3 Å². The van der Waals surface area contributed by atoms with Crippen molar-refractivity contribution in [1.82, 2.24) is 4.90 Å². The van der Waals surface area contributed by atoms with Crippen LogP contribution in [0, 0.1) is 5.82 Å². The monoisotopic (exact) mass is 324 g/mol. The second-order valence-corrected chi connectivity index (χ2v) is 6.21. The molecule has 0 atom stereocenters. The summed E-state index contributed by atoms with van der Waals surface area (Å²) >= 11 is 7.28. The third-order valence-electron chi connectivity index (χ3n) is 2.86. The van der Waals surface area contributed by atoms with Crippen molar-refractivity contribution in [3.05, 3.63) is 63.6 Å². The van der Waals surface area contributed by atoms with E-state index in [1.165, 1.54) is 23.5 Å². The van der Waals surface area contributed by atoms with Crippen LogP contribution in [0.3, 0.4) is 0 Å². The quantitative estimate of drug-likeness (QED) is 0.668. The number of anilines is 1. The fourth-order valence-electron chi connectivity index (χ4n) is 1.88. The number of carbonyl (C=O) groups is 1. The smallest absolute Gasteiger partial charge is 0.256 e. The summed E-state index contributed by atoms with van der Waals surface area (Å²) in [6, 6.07) is 7.38. The normalized spacial score (nSPS) is 10.4. The van der Waals surface area contributed by atoms with Gasteiger partial charge in [-0.3, -0.25) is 4.79 Å². The van der Waals surface area contributed by atoms with Crippen molar-refractivity contribution in [2.45, 2.75) is 6.54 Å². The van der Waals surface area contributed by atoms with Crippen LogP contribution in [0.5, 0.6) is 0 Å². The number of carbonyl (C=O) groups excluding carboxylic acids is 1. The van der Waals surface area contributed by atoms with Gasteiger partial charge in [-0.2, -0.15) is 0 Å². The fraction of sp³-hybridized carbons (Fsp3) is 0.133. The molecule has 0 spiro atoms. The Balaban J connectivity index is 2.26. The van der Waals surface area contributed by atoms with E-state index in [-0.39, 0.29) is 17.2 Å². The van der Waals surface area contributed by atoms with Gasteiger partial charge < -0.3 is 10.6 Å². The molecule has 1 aromatic heterocycles. The average molecular weight is 325 g/mol. The number of nitrogen functional groups attached to an aromatic ring is 1. The van der Waals surface area contributed by atoms with E-state index in [9.17, 15) is 9.18 Å². The number of hydrogen-bond acceptors (Lipinski definition) is 3. The summed E-state index contributed by atoms with van der Waals surface area (Å²) in [5.74, 6) is -0.832. The van der Waals surface area contributed by atoms with E-state index in [4.69, 9.17) is 17.3 Å². The molecule has 0 fully saturated rings. The topological polar surface area (TPSA) is 46.3 Å². The molecule has 2 N–H and O–H groups in total. The number of halogens is 2. The summed E-state index contributed by atoms with van der Waals surface area (Å²) in [6.45, 7) is 4.35. The van der Waals surface area contributed by atoms with E-state index in [0.29, 0.717) is 17.4 Å².